The second-order valence-corrected chi connectivity index (χ2v) is 3.64. The summed E-state index contributed by atoms with van der Waals surface area (Å²) >= 11 is 5.89. The zero-order valence-corrected chi connectivity index (χ0v) is 7.56. The van der Waals surface area contributed by atoms with E-state index < -0.39 is 0 Å². The van der Waals surface area contributed by atoms with E-state index in [1.165, 1.54) is 12.8 Å². The fraction of sp³-hybridized carbons (Fsp3) is 1.00. The highest BCUT2D eigenvalue weighted by molar-refractivity contribution is 6.13. The second kappa shape index (κ2) is 3.59. The van der Waals surface area contributed by atoms with Crippen LogP contribution in [0.4, 0.5) is 0 Å². The molecule has 1 nitrogen and oxygen atoms in total. The van der Waals surface area contributed by atoms with Crippen molar-refractivity contribution in [2.75, 3.05) is 13.1 Å². The van der Waals surface area contributed by atoms with Crippen LogP contribution in [0.15, 0.2) is 0 Å². The molecular weight excluding hydrogens is 146 g/mol. The summed E-state index contributed by atoms with van der Waals surface area (Å²) in [6, 6.07) is 0. The van der Waals surface area contributed by atoms with E-state index in [0.29, 0.717) is 0 Å². The van der Waals surface area contributed by atoms with Crippen molar-refractivity contribution in [3.63, 3.8) is 0 Å². The van der Waals surface area contributed by atoms with Crippen molar-refractivity contribution in [2.45, 2.75) is 26.7 Å². The normalized spacial score (nSPS) is 35.1. The maximum absolute atomic E-state index is 5.89. The van der Waals surface area contributed by atoms with Crippen molar-refractivity contribution in [3.05, 3.63) is 0 Å². The zero-order chi connectivity index (χ0) is 7.56. The molecule has 0 aromatic heterocycles. The Kier molecular flexibility index (Phi) is 2.99. The molecule has 1 aliphatic rings. The van der Waals surface area contributed by atoms with Crippen molar-refractivity contribution >= 4 is 11.8 Å². The molecule has 2 heteroatoms. The largest absolute Gasteiger partial charge is 0.220 e. The summed E-state index contributed by atoms with van der Waals surface area (Å²) in [5.74, 6) is 1.70. The van der Waals surface area contributed by atoms with E-state index in [1.54, 1.807) is 0 Å². The molecule has 10 heavy (non-hydrogen) atoms. The van der Waals surface area contributed by atoms with Crippen LogP contribution in [0.1, 0.15) is 26.7 Å². The summed E-state index contributed by atoms with van der Waals surface area (Å²) in [6.07, 6.45) is 2.56. The van der Waals surface area contributed by atoms with E-state index in [9.17, 15) is 0 Å². The van der Waals surface area contributed by atoms with Crippen LogP contribution in [0.5, 0.6) is 0 Å². The third-order valence-corrected chi connectivity index (χ3v) is 2.86. The first-order valence-electron chi connectivity index (χ1n) is 4.18. The molecule has 1 fully saturated rings. The van der Waals surface area contributed by atoms with E-state index in [1.807, 2.05) is 4.42 Å². The van der Waals surface area contributed by atoms with Crippen molar-refractivity contribution < 1.29 is 0 Å². The molecular formula is C8H16ClN. The van der Waals surface area contributed by atoms with Crippen molar-refractivity contribution in [2.24, 2.45) is 11.8 Å². The molecule has 0 spiro atoms. The van der Waals surface area contributed by atoms with Gasteiger partial charge in [-0.25, -0.2) is 4.42 Å². The molecule has 0 amide bonds. The fourth-order valence-corrected chi connectivity index (χ4v) is 2.16. The van der Waals surface area contributed by atoms with Crippen LogP contribution >= 0.6 is 11.8 Å². The van der Waals surface area contributed by atoms with Crippen LogP contribution in [0.25, 0.3) is 0 Å². The molecule has 60 valence electrons. The molecule has 0 aromatic carbocycles. The van der Waals surface area contributed by atoms with Gasteiger partial charge >= 0.3 is 0 Å². The van der Waals surface area contributed by atoms with Crippen LogP contribution < -0.4 is 0 Å². The SMILES string of the molecule is CCC1CN(Cl)CC1CC. The van der Waals surface area contributed by atoms with E-state index in [0.717, 1.165) is 24.9 Å². The van der Waals surface area contributed by atoms with Gasteiger partial charge in [0.2, 0.25) is 0 Å². The Balaban J connectivity index is 2.41. The minimum atomic E-state index is 0.850. The summed E-state index contributed by atoms with van der Waals surface area (Å²) in [7, 11) is 0. The standard InChI is InChI=1S/C8H16ClN/c1-3-7-5-10(9)6-8(7)4-2/h7-8H,3-6H2,1-2H3. The summed E-state index contributed by atoms with van der Waals surface area (Å²) in [5, 5.41) is 0. The first-order valence-corrected chi connectivity index (χ1v) is 4.52. The Morgan fingerprint density at radius 3 is 1.90 bits per heavy atom. The Hall–Kier alpha value is 0.250. The maximum Gasteiger partial charge on any atom is 0.0170 e. The van der Waals surface area contributed by atoms with Crippen LogP contribution in [0.2, 0.25) is 0 Å². The average molecular weight is 162 g/mol. The third kappa shape index (κ3) is 1.64. The number of nitrogens with zero attached hydrogens (tertiary/aromatic N) is 1. The molecule has 1 rings (SSSR count). The summed E-state index contributed by atoms with van der Waals surface area (Å²) in [6.45, 7) is 6.69. The number of rotatable bonds is 2. The minimum Gasteiger partial charge on any atom is -0.220 e. The van der Waals surface area contributed by atoms with Gasteiger partial charge in [0, 0.05) is 13.1 Å². The quantitative estimate of drug-likeness (QED) is 0.563. The predicted molar refractivity (Wildman–Crippen MR) is 45.0 cm³/mol. The smallest absolute Gasteiger partial charge is 0.0170 e. The van der Waals surface area contributed by atoms with Gasteiger partial charge in [-0.15, -0.1) is 0 Å². The van der Waals surface area contributed by atoms with Gasteiger partial charge in [0.15, 0.2) is 0 Å². The van der Waals surface area contributed by atoms with Gasteiger partial charge in [-0.1, -0.05) is 26.7 Å². The van der Waals surface area contributed by atoms with Gasteiger partial charge in [-0.2, -0.15) is 0 Å². The Labute approximate surface area is 68.5 Å². The fourth-order valence-electron chi connectivity index (χ4n) is 1.81. The second-order valence-electron chi connectivity index (χ2n) is 3.16. The highest BCUT2D eigenvalue weighted by Crippen LogP contribution is 2.29. The lowest BCUT2D eigenvalue weighted by Gasteiger charge is -2.12. The lowest BCUT2D eigenvalue weighted by atomic mass is 9.92. The van der Waals surface area contributed by atoms with Crippen LogP contribution in [-0.4, -0.2) is 17.5 Å². The summed E-state index contributed by atoms with van der Waals surface area (Å²) in [5.41, 5.74) is 0. The van der Waals surface area contributed by atoms with Gasteiger partial charge in [0.25, 0.3) is 0 Å². The topological polar surface area (TPSA) is 3.24 Å². The van der Waals surface area contributed by atoms with E-state index in [-0.39, 0.29) is 0 Å². The molecule has 1 saturated heterocycles. The third-order valence-electron chi connectivity index (χ3n) is 2.58. The van der Waals surface area contributed by atoms with Crippen molar-refractivity contribution in [3.8, 4) is 0 Å². The van der Waals surface area contributed by atoms with Gasteiger partial charge in [-0.3, -0.25) is 0 Å². The van der Waals surface area contributed by atoms with Gasteiger partial charge in [-0.05, 0) is 23.6 Å². The van der Waals surface area contributed by atoms with Crippen LogP contribution in [-0.2, 0) is 0 Å². The summed E-state index contributed by atoms with van der Waals surface area (Å²) < 4.78 is 1.93. The molecule has 1 heterocycles. The van der Waals surface area contributed by atoms with Gasteiger partial charge in [0.1, 0.15) is 0 Å². The molecule has 0 aromatic rings. The number of hydrogen-bond donors (Lipinski definition) is 0. The van der Waals surface area contributed by atoms with Gasteiger partial charge < -0.3 is 0 Å². The number of hydrogen-bond acceptors (Lipinski definition) is 1. The maximum atomic E-state index is 5.89. The molecule has 0 bridgehead atoms. The molecule has 0 aliphatic carbocycles. The first kappa shape index (κ1) is 8.35. The van der Waals surface area contributed by atoms with Crippen LogP contribution in [0.3, 0.4) is 0 Å². The minimum absolute atomic E-state index is 0.850. The number of halogens is 1. The van der Waals surface area contributed by atoms with Crippen molar-refractivity contribution in [1.82, 2.24) is 4.42 Å². The van der Waals surface area contributed by atoms with Gasteiger partial charge in [0.05, 0.1) is 0 Å². The van der Waals surface area contributed by atoms with E-state index >= 15 is 0 Å². The lowest BCUT2D eigenvalue weighted by Crippen LogP contribution is -2.09. The first-order chi connectivity index (χ1) is 4.77. The predicted octanol–water partition coefficient (Wildman–Crippen LogP) is 2.51. The molecule has 1 aliphatic heterocycles. The molecule has 2 unspecified atom stereocenters. The lowest BCUT2D eigenvalue weighted by molar-refractivity contribution is 0.397. The Bertz CT molecular complexity index is 93.4. The van der Waals surface area contributed by atoms with Crippen LogP contribution in [0, 0.1) is 11.8 Å². The monoisotopic (exact) mass is 161 g/mol. The summed E-state index contributed by atoms with van der Waals surface area (Å²) in [4.78, 5) is 0. The molecule has 0 saturated carbocycles. The Morgan fingerprint density at radius 2 is 1.60 bits per heavy atom. The Morgan fingerprint density at radius 1 is 1.20 bits per heavy atom. The van der Waals surface area contributed by atoms with E-state index in [4.69, 9.17) is 11.8 Å². The van der Waals surface area contributed by atoms with E-state index in [2.05, 4.69) is 13.8 Å². The van der Waals surface area contributed by atoms with Crippen molar-refractivity contribution in [1.29, 1.82) is 0 Å². The zero-order valence-electron chi connectivity index (χ0n) is 6.81. The molecule has 0 radical (unpaired) electrons. The molecule has 2 atom stereocenters. The highest BCUT2D eigenvalue weighted by atomic mass is 35.5. The highest BCUT2D eigenvalue weighted by Gasteiger charge is 2.28. The molecule has 0 N–H and O–H groups in total. The average Bonchev–Trinajstić information content (AvgIpc) is 2.30.